The van der Waals surface area contributed by atoms with E-state index in [-0.39, 0.29) is 6.04 Å². The summed E-state index contributed by atoms with van der Waals surface area (Å²) >= 11 is 5.89. The number of hydrogen-bond acceptors (Lipinski definition) is 3. The van der Waals surface area contributed by atoms with Crippen LogP contribution in [0.4, 0.5) is 11.4 Å². The van der Waals surface area contributed by atoms with Crippen LogP contribution in [0.1, 0.15) is 18.5 Å². The van der Waals surface area contributed by atoms with Gasteiger partial charge in [0.15, 0.2) is 0 Å². The normalized spacial score (nSPS) is 12.2. The maximum absolute atomic E-state index is 5.89. The molecule has 0 spiro atoms. The van der Waals surface area contributed by atoms with E-state index >= 15 is 0 Å². The Balaban J connectivity index is 2.23. The quantitative estimate of drug-likeness (QED) is 0.919. The van der Waals surface area contributed by atoms with E-state index in [1.54, 1.807) is 6.20 Å². The highest BCUT2D eigenvalue weighted by Gasteiger charge is 2.12. The molecule has 1 atom stereocenters. The first-order valence-corrected chi connectivity index (χ1v) is 6.14. The lowest BCUT2D eigenvalue weighted by Crippen LogP contribution is -2.21. The minimum atomic E-state index is 0.228. The number of pyridine rings is 1. The number of rotatable bonds is 3. The van der Waals surface area contributed by atoms with E-state index in [1.807, 2.05) is 43.6 Å². The van der Waals surface area contributed by atoms with Gasteiger partial charge < -0.3 is 10.6 Å². The molecule has 0 radical (unpaired) electrons. The van der Waals surface area contributed by atoms with Crippen molar-refractivity contribution in [1.82, 2.24) is 4.98 Å². The van der Waals surface area contributed by atoms with E-state index in [9.17, 15) is 0 Å². The first kappa shape index (κ1) is 12.7. The van der Waals surface area contributed by atoms with Gasteiger partial charge in [-0.3, -0.25) is 4.98 Å². The fraction of sp³-hybridized carbons (Fsp3) is 0.214. The summed E-state index contributed by atoms with van der Waals surface area (Å²) in [7, 11) is 2.02. The molecular formula is C14H16ClN3. The second-order valence-corrected chi connectivity index (χ2v) is 4.75. The SMILES string of the molecule is CC(c1ccc(Cl)cc1)N(C)c1cncc(N)c1. The summed E-state index contributed by atoms with van der Waals surface area (Å²) in [5, 5.41) is 0.749. The average molecular weight is 262 g/mol. The largest absolute Gasteiger partial charge is 0.397 e. The van der Waals surface area contributed by atoms with Crippen LogP contribution >= 0.6 is 11.6 Å². The second kappa shape index (κ2) is 5.27. The van der Waals surface area contributed by atoms with Crippen molar-refractivity contribution in [3.63, 3.8) is 0 Å². The lowest BCUT2D eigenvalue weighted by molar-refractivity contribution is 0.738. The van der Waals surface area contributed by atoms with Gasteiger partial charge in [0.2, 0.25) is 0 Å². The maximum atomic E-state index is 5.89. The third-order valence-electron chi connectivity index (χ3n) is 3.09. The molecule has 0 saturated heterocycles. The fourth-order valence-corrected chi connectivity index (χ4v) is 1.95. The number of nitrogens with zero attached hydrogens (tertiary/aromatic N) is 2. The molecule has 0 aliphatic carbocycles. The van der Waals surface area contributed by atoms with Crippen molar-refractivity contribution in [2.75, 3.05) is 17.7 Å². The highest BCUT2D eigenvalue weighted by molar-refractivity contribution is 6.30. The first-order chi connectivity index (χ1) is 8.58. The third-order valence-corrected chi connectivity index (χ3v) is 3.34. The molecule has 4 heteroatoms. The molecule has 2 aromatic rings. The van der Waals surface area contributed by atoms with Crippen LogP contribution in [-0.4, -0.2) is 12.0 Å². The Morgan fingerprint density at radius 2 is 1.89 bits per heavy atom. The monoisotopic (exact) mass is 261 g/mol. The van der Waals surface area contributed by atoms with Crippen molar-refractivity contribution >= 4 is 23.0 Å². The van der Waals surface area contributed by atoms with Crippen LogP contribution in [-0.2, 0) is 0 Å². The molecule has 2 N–H and O–H groups in total. The zero-order valence-corrected chi connectivity index (χ0v) is 11.2. The van der Waals surface area contributed by atoms with Gasteiger partial charge in [-0.05, 0) is 30.7 Å². The molecule has 3 nitrogen and oxygen atoms in total. The summed E-state index contributed by atoms with van der Waals surface area (Å²) in [4.78, 5) is 6.24. The maximum Gasteiger partial charge on any atom is 0.0575 e. The molecule has 1 aromatic carbocycles. The van der Waals surface area contributed by atoms with Gasteiger partial charge in [0.1, 0.15) is 0 Å². The third kappa shape index (κ3) is 2.74. The van der Waals surface area contributed by atoms with Crippen LogP contribution in [0.3, 0.4) is 0 Å². The minimum absolute atomic E-state index is 0.228. The van der Waals surface area contributed by atoms with Crippen molar-refractivity contribution in [2.24, 2.45) is 0 Å². The van der Waals surface area contributed by atoms with Crippen molar-refractivity contribution in [1.29, 1.82) is 0 Å². The molecule has 18 heavy (non-hydrogen) atoms. The van der Waals surface area contributed by atoms with Crippen molar-refractivity contribution in [3.8, 4) is 0 Å². The number of aromatic nitrogens is 1. The van der Waals surface area contributed by atoms with Crippen LogP contribution in [0, 0.1) is 0 Å². The summed E-state index contributed by atoms with van der Waals surface area (Å²) in [6.45, 7) is 2.13. The minimum Gasteiger partial charge on any atom is -0.397 e. The highest BCUT2D eigenvalue weighted by atomic mass is 35.5. The Morgan fingerprint density at radius 1 is 1.22 bits per heavy atom. The van der Waals surface area contributed by atoms with Gasteiger partial charge in [-0.15, -0.1) is 0 Å². The van der Waals surface area contributed by atoms with Crippen LogP contribution in [0.25, 0.3) is 0 Å². The molecule has 94 valence electrons. The van der Waals surface area contributed by atoms with Crippen LogP contribution < -0.4 is 10.6 Å². The zero-order chi connectivity index (χ0) is 13.1. The van der Waals surface area contributed by atoms with Crippen molar-refractivity contribution in [2.45, 2.75) is 13.0 Å². The number of benzene rings is 1. The van der Waals surface area contributed by atoms with E-state index < -0.39 is 0 Å². The smallest absolute Gasteiger partial charge is 0.0575 e. The topological polar surface area (TPSA) is 42.2 Å². The van der Waals surface area contributed by atoms with Gasteiger partial charge in [0.25, 0.3) is 0 Å². The van der Waals surface area contributed by atoms with E-state index in [4.69, 9.17) is 17.3 Å². The number of nitrogen functional groups attached to an aromatic ring is 1. The number of hydrogen-bond donors (Lipinski definition) is 1. The zero-order valence-electron chi connectivity index (χ0n) is 10.5. The molecule has 0 amide bonds. The molecule has 2 rings (SSSR count). The summed E-state index contributed by atoms with van der Waals surface area (Å²) in [5.41, 5.74) is 8.61. The molecule has 0 aliphatic heterocycles. The predicted octanol–water partition coefficient (Wildman–Crippen LogP) is 3.51. The lowest BCUT2D eigenvalue weighted by Gasteiger charge is -2.27. The molecule has 0 saturated carbocycles. The Bertz CT molecular complexity index is 525. The fourth-order valence-electron chi connectivity index (χ4n) is 1.83. The molecule has 0 bridgehead atoms. The van der Waals surface area contributed by atoms with Gasteiger partial charge in [-0.25, -0.2) is 0 Å². The number of halogens is 1. The highest BCUT2D eigenvalue weighted by Crippen LogP contribution is 2.26. The Hall–Kier alpha value is -1.74. The predicted molar refractivity (Wildman–Crippen MR) is 76.9 cm³/mol. The second-order valence-electron chi connectivity index (χ2n) is 4.31. The van der Waals surface area contributed by atoms with Crippen molar-refractivity contribution in [3.05, 3.63) is 53.3 Å². The molecular weight excluding hydrogens is 246 g/mol. The van der Waals surface area contributed by atoms with E-state index in [2.05, 4.69) is 16.8 Å². The van der Waals surface area contributed by atoms with E-state index in [0.29, 0.717) is 5.69 Å². The molecule has 0 aliphatic rings. The summed E-state index contributed by atoms with van der Waals surface area (Å²) in [6, 6.07) is 10.0. The molecule has 1 unspecified atom stereocenters. The Morgan fingerprint density at radius 3 is 2.50 bits per heavy atom. The molecule has 1 heterocycles. The van der Waals surface area contributed by atoms with Gasteiger partial charge in [0.05, 0.1) is 23.6 Å². The van der Waals surface area contributed by atoms with Gasteiger partial charge in [-0.1, -0.05) is 23.7 Å². The first-order valence-electron chi connectivity index (χ1n) is 5.77. The van der Waals surface area contributed by atoms with E-state index in [1.165, 1.54) is 5.56 Å². The Labute approximate surface area is 112 Å². The number of nitrogens with two attached hydrogens (primary N) is 1. The molecule has 1 aromatic heterocycles. The molecule has 0 fully saturated rings. The van der Waals surface area contributed by atoms with Crippen LogP contribution in [0.2, 0.25) is 5.02 Å². The lowest BCUT2D eigenvalue weighted by atomic mass is 10.1. The van der Waals surface area contributed by atoms with E-state index in [0.717, 1.165) is 10.7 Å². The standard InChI is InChI=1S/C14H16ClN3/c1-10(11-3-5-12(15)6-4-11)18(2)14-7-13(16)8-17-9-14/h3-10H,16H2,1-2H3. The summed E-state index contributed by atoms with van der Waals surface area (Å²) in [6.07, 6.45) is 3.45. The summed E-state index contributed by atoms with van der Waals surface area (Å²) < 4.78 is 0. The number of anilines is 2. The van der Waals surface area contributed by atoms with Crippen LogP contribution in [0.15, 0.2) is 42.7 Å². The average Bonchev–Trinajstić information content (AvgIpc) is 2.38. The van der Waals surface area contributed by atoms with Gasteiger partial charge in [0, 0.05) is 18.3 Å². The summed E-state index contributed by atoms with van der Waals surface area (Å²) in [5.74, 6) is 0. The Kier molecular flexibility index (Phi) is 3.72. The van der Waals surface area contributed by atoms with Crippen LogP contribution in [0.5, 0.6) is 0 Å². The van der Waals surface area contributed by atoms with Gasteiger partial charge in [-0.2, -0.15) is 0 Å². The van der Waals surface area contributed by atoms with Crippen molar-refractivity contribution < 1.29 is 0 Å². The van der Waals surface area contributed by atoms with Gasteiger partial charge >= 0.3 is 0 Å².